The minimum Gasteiger partial charge on any atom is -0.508 e. The van der Waals surface area contributed by atoms with Gasteiger partial charge in [0.1, 0.15) is 36.0 Å². The predicted octanol–water partition coefficient (Wildman–Crippen LogP) is 2.66. The molecule has 5 atom stereocenters. The highest BCUT2D eigenvalue weighted by atomic mass is 16.5. The van der Waals surface area contributed by atoms with Crippen LogP contribution in [-0.4, -0.2) is 73.1 Å². The molecule has 0 unspecified atom stereocenters. The molecule has 51 heavy (non-hydrogen) atoms. The number of carbonyl (C=O) groups excluding carboxylic acids is 5. The van der Waals surface area contributed by atoms with Crippen LogP contribution in [0.2, 0.25) is 0 Å². The molecule has 0 heterocycles. The molecule has 1 saturated carbocycles. The van der Waals surface area contributed by atoms with Gasteiger partial charge in [0.25, 0.3) is 5.91 Å². The number of carbonyl (C=O) groups is 5. The number of primary amides is 1. The van der Waals surface area contributed by atoms with Crippen LogP contribution in [0.3, 0.4) is 0 Å². The number of rotatable bonds is 9. The Balaban J connectivity index is 1.44. The van der Waals surface area contributed by atoms with Gasteiger partial charge in [0, 0.05) is 35.9 Å². The predicted molar refractivity (Wildman–Crippen MR) is 181 cm³/mol. The summed E-state index contributed by atoms with van der Waals surface area (Å²) in [6.07, 6.45) is -2.25. The fourth-order valence-corrected chi connectivity index (χ4v) is 7.54. The number of aliphatic hydroxyl groups excluding tert-OH is 3. The number of aryl methyl sites for hydroxylation is 1. The molecule has 13 nitrogen and oxygen atoms in total. The number of aromatic hydroxyl groups is 1. The monoisotopic (exact) mass is 696 g/mol. The first-order valence-electron chi connectivity index (χ1n) is 16.3. The highest BCUT2D eigenvalue weighted by molar-refractivity contribution is 6.23. The maximum Gasteiger partial charge on any atom is 0.326 e. The van der Waals surface area contributed by atoms with Gasteiger partial charge in [0.05, 0.1) is 11.7 Å². The number of phenols is 1. The molecule has 0 saturated heterocycles. The van der Waals surface area contributed by atoms with Crippen LogP contribution in [0.25, 0.3) is 5.76 Å². The lowest BCUT2D eigenvalue weighted by molar-refractivity contribution is -0.160. The van der Waals surface area contributed by atoms with E-state index in [0.29, 0.717) is 12.0 Å². The summed E-state index contributed by atoms with van der Waals surface area (Å²) in [5.41, 5.74) is 2.15. The lowest BCUT2D eigenvalue weighted by Gasteiger charge is -2.50. The Hall–Kier alpha value is -5.79. The molecule has 0 bridgehead atoms. The number of aliphatic hydroxyl groups is 4. The van der Waals surface area contributed by atoms with Crippen molar-refractivity contribution in [3.63, 3.8) is 0 Å². The minimum absolute atomic E-state index is 0.0529. The Morgan fingerprint density at radius 1 is 0.941 bits per heavy atom. The number of fused-ring (bicyclic) bond motifs is 3. The summed E-state index contributed by atoms with van der Waals surface area (Å²) in [6, 6.07) is 20.6. The van der Waals surface area contributed by atoms with Crippen molar-refractivity contribution in [2.45, 2.75) is 50.4 Å². The average molecular weight is 697 g/mol. The van der Waals surface area contributed by atoms with Crippen molar-refractivity contribution < 1.29 is 54.2 Å². The van der Waals surface area contributed by atoms with Gasteiger partial charge in [-0.05, 0) is 41.2 Å². The van der Waals surface area contributed by atoms with Crippen molar-refractivity contribution >= 4 is 40.8 Å². The molecule has 264 valence electrons. The van der Waals surface area contributed by atoms with Crippen molar-refractivity contribution in [3.05, 3.63) is 112 Å². The number of nitrogens with two attached hydrogens (primary N) is 1. The van der Waals surface area contributed by atoms with E-state index in [0.717, 1.165) is 16.5 Å². The van der Waals surface area contributed by atoms with Crippen LogP contribution in [0.4, 0.5) is 5.69 Å². The third kappa shape index (κ3) is 5.93. The molecular weight excluding hydrogens is 660 g/mol. The quantitative estimate of drug-likeness (QED) is 0.141. The zero-order chi connectivity index (χ0) is 36.8. The van der Waals surface area contributed by atoms with Crippen molar-refractivity contribution in [2.75, 3.05) is 11.4 Å². The largest absolute Gasteiger partial charge is 0.508 e. The number of Topliss-reactive ketones (excluding diaryl/α,β-unsaturated/α-hetero) is 2. The molecular formula is C38H36N2O11. The van der Waals surface area contributed by atoms with Crippen molar-refractivity contribution in [2.24, 2.45) is 17.6 Å². The zero-order valence-electron chi connectivity index (χ0n) is 27.5. The molecule has 7 N–H and O–H groups in total. The maximum absolute atomic E-state index is 14.1. The number of nitrogens with zero attached hydrogens (tertiary/aromatic N) is 1. The van der Waals surface area contributed by atoms with Gasteiger partial charge >= 0.3 is 5.97 Å². The first-order chi connectivity index (χ1) is 24.3. The fraction of sp³-hybridized carbons (Fsp3) is 0.289. The third-order valence-corrected chi connectivity index (χ3v) is 10.0. The highest BCUT2D eigenvalue weighted by Crippen LogP contribution is 2.57. The average Bonchev–Trinajstić information content (AvgIpc) is 3.11. The summed E-state index contributed by atoms with van der Waals surface area (Å²) < 4.78 is 5.50. The number of amides is 2. The summed E-state index contributed by atoms with van der Waals surface area (Å²) in [5.74, 6) is -11.7. The summed E-state index contributed by atoms with van der Waals surface area (Å²) in [4.78, 5) is 67.4. The molecule has 3 aromatic rings. The summed E-state index contributed by atoms with van der Waals surface area (Å²) in [7, 11) is 0. The fourth-order valence-electron chi connectivity index (χ4n) is 7.54. The van der Waals surface area contributed by atoms with Crippen LogP contribution in [0.15, 0.2) is 89.7 Å². The molecule has 0 radical (unpaired) electrons. The van der Waals surface area contributed by atoms with Crippen LogP contribution in [-0.2, 0) is 41.7 Å². The van der Waals surface area contributed by atoms with Crippen molar-refractivity contribution in [1.29, 1.82) is 0 Å². The minimum atomic E-state index is -3.00. The van der Waals surface area contributed by atoms with Gasteiger partial charge in [0.15, 0.2) is 11.4 Å². The summed E-state index contributed by atoms with van der Waals surface area (Å²) >= 11 is 0. The molecule has 0 aromatic heterocycles. The molecule has 2 amide bonds. The Morgan fingerprint density at radius 3 is 2.20 bits per heavy atom. The third-order valence-electron chi connectivity index (χ3n) is 10.0. The summed E-state index contributed by atoms with van der Waals surface area (Å²) in [5, 5.41) is 57.0. The zero-order valence-corrected chi connectivity index (χ0v) is 27.5. The normalized spacial score (nSPS) is 24.0. The molecule has 0 spiro atoms. The van der Waals surface area contributed by atoms with E-state index in [1.54, 1.807) is 31.2 Å². The topological polar surface area (TPSA) is 225 Å². The van der Waals surface area contributed by atoms with Crippen LogP contribution in [0, 0.1) is 11.8 Å². The summed E-state index contributed by atoms with van der Waals surface area (Å²) in [6.45, 7) is 0.912. The first kappa shape index (κ1) is 35.1. The first-order valence-corrected chi connectivity index (χ1v) is 16.3. The van der Waals surface area contributed by atoms with E-state index in [4.69, 9.17) is 10.5 Å². The van der Waals surface area contributed by atoms with Crippen LogP contribution in [0.1, 0.15) is 47.9 Å². The SMILES string of the molecule is C[C@H]1c2c(N(CC(=O)OCc3ccccc3)C(=O)CCc3ccccc3)ccc(O)c2C(O)=C2C(=O)[C@]3(O)C(O)=C(C(N)=O)C(=O)C[C@@H]3[C@@H](O)[C@@H]21. The smallest absolute Gasteiger partial charge is 0.326 e. The standard InChI is InChI=1S/C38H36N2O11/c1-19-28-23(40(26(43)15-12-20-8-4-2-5-9-20)17-27(44)51-18-21-10-6-3-7-11-21)13-14-24(41)30(28)34(46)32-29(19)33(45)22-16-25(42)31(37(39)49)35(47)38(22,50)36(32)48/h2-11,13-14,19,22,29,33,41,45-47,50H,12,15-18H2,1H3,(H2,39,49)/t19-,22+,29+,33+,38+/m0/s1. The maximum atomic E-state index is 14.1. The van der Waals surface area contributed by atoms with E-state index in [1.165, 1.54) is 6.07 Å². The number of ketones is 2. The van der Waals surface area contributed by atoms with Gasteiger partial charge in [-0.15, -0.1) is 0 Å². The van der Waals surface area contributed by atoms with Crippen LogP contribution in [0.5, 0.6) is 5.75 Å². The molecule has 1 fully saturated rings. The lowest BCUT2D eigenvalue weighted by Crippen LogP contribution is -2.64. The number of ether oxygens (including phenoxy) is 1. The Labute approximate surface area is 291 Å². The van der Waals surface area contributed by atoms with E-state index in [1.807, 2.05) is 36.4 Å². The molecule has 3 aliphatic rings. The van der Waals surface area contributed by atoms with E-state index >= 15 is 0 Å². The Morgan fingerprint density at radius 2 is 1.57 bits per heavy atom. The van der Waals surface area contributed by atoms with Crippen LogP contribution < -0.4 is 10.6 Å². The van der Waals surface area contributed by atoms with E-state index in [2.05, 4.69) is 0 Å². The number of anilines is 1. The number of benzene rings is 3. The molecule has 3 aromatic carbocycles. The van der Waals surface area contributed by atoms with Crippen LogP contribution >= 0.6 is 0 Å². The van der Waals surface area contributed by atoms with Gasteiger partial charge in [0.2, 0.25) is 11.7 Å². The van der Waals surface area contributed by atoms with Crippen molar-refractivity contribution in [1.82, 2.24) is 0 Å². The van der Waals surface area contributed by atoms with E-state index < -0.39 is 100 Å². The Kier molecular flexibility index (Phi) is 9.27. The molecule has 3 aliphatic carbocycles. The second kappa shape index (κ2) is 13.5. The number of hydrogen-bond donors (Lipinski definition) is 6. The number of phenolic OH excluding ortho intramolecular Hbond substituents is 1. The molecule has 0 aliphatic heterocycles. The van der Waals surface area contributed by atoms with E-state index in [-0.39, 0.29) is 29.8 Å². The van der Waals surface area contributed by atoms with Gasteiger partial charge < -0.3 is 40.9 Å². The van der Waals surface area contributed by atoms with Gasteiger partial charge in [-0.2, -0.15) is 0 Å². The van der Waals surface area contributed by atoms with Crippen molar-refractivity contribution in [3.8, 4) is 5.75 Å². The Bertz CT molecular complexity index is 2010. The van der Waals surface area contributed by atoms with E-state index in [9.17, 15) is 49.5 Å². The van der Waals surface area contributed by atoms with Gasteiger partial charge in [-0.1, -0.05) is 67.6 Å². The highest BCUT2D eigenvalue weighted by Gasteiger charge is 2.65. The number of esters is 1. The van der Waals surface area contributed by atoms with Gasteiger partial charge in [-0.3, -0.25) is 24.0 Å². The second-order valence-electron chi connectivity index (χ2n) is 13.0. The number of hydrogen-bond acceptors (Lipinski definition) is 11. The lowest BCUT2D eigenvalue weighted by atomic mass is 9.55. The molecule has 6 rings (SSSR count). The molecule has 13 heteroatoms. The van der Waals surface area contributed by atoms with Gasteiger partial charge in [-0.25, -0.2) is 0 Å². The second-order valence-corrected chi connectivity index (χ2v) is 13.0.